The van der Waals surface area contributed by atoms with Gasteiger partial charge in [-0.15, -0.1) is 0 Å². The Morgan fingerprint density at radius 2 is 1.90 bits per heavy atom. The first kappa shape index (κ1) is 15.7. The molecule has 1 saturated heterocycles. The van der Waals surface area contributed by atoms with Gasteiger partial charge in [-0.05, 0) is 38.3 Å². The van der Waals surface area contributed by atoms with E-state index in [2.05, 4.69) is 5.32 Å². The third kappa shape index (κ3) is 3.49. The highest BCUT2D eigenvalue weighted by atomic mass is 19.4. The van der Waals surface area contributed by atoms with Crippen LogP contribution >= 0.6 is 0 Å². The molecule has 0 unspecified atom stereocenters. The van der Waals surface area contributed by atoms with Crippen LogP contribution in [-0.2, 0) is 6.18 Å². The van der Waals surface area contributed by atoms with Crippen molar-refractivity contribution in [2.75, 3.05) is 25.0 Å². The van der Waals surface area contributed by atoms with Crippen molar-refractivity contribution in [3.63, 3.8) is 0 Å². The fourth-order valence-corrected chi connectivity index (χ4v) is 2.60. The van der Waals surface area contributed by atoms with Crippen molar-refractivity contribution in [2.24, 2.45) is 0 Å². The molecular formula is C15H19F3N2O. The highest BCUT2D eigenvalue weighted by molar-refractivity contribution is 6.00. The molecule has 1 aromatic rings. The van der Waals surface area contributed by atoms with Gasteiger partial charge in [0.15, 0.2) is 0 Å². The number of piperidine rings is 1. The predicted molar refractivity (Wildman–Crippen MR) is 75.4 cm³/mol. The van der Waals surface area contributed by atoms with E-state index in [0.717, 1.165) is 25.3 Å². The summed E-state index contributed by atoms with van der Waals surface area (Å²) in [6.45, 7) is 3.26. The molecule has 1 amide bonds. The van der Waals surface area contributed by atoms with Gasteiger partial charge in [-0.25, -0.2) is 0 Å². The van der Waals surface area contributed by atoms with Crippen molar-refractivity contribution in [3.05, 3.63) is 29.3 Å². The summed E-state index contributed by atoms with van der Waals surface area (Å²) in [5.74, 6) is -0.322. The minimum atomic E-state index is -4.48. The molecule has 0 spiro atoms. The molecule has 1 aromatic carbocycles. The molecule has 1 aliphatic heterocycles. The Hall–Kier alpha value is -1.72. The molecule has 21 heavy (non-hydrogen) atoms. The largest absolute Gasteiger partial charge is 0.418 e. The molecule has 1 fully saturated rings. The van der Waals surface area contributed by atoms with Gasteiger partial charge in [0.1, 0.15) is 0 Å². The number of hydrogen-bond donors (Lipinski definition) is 1. The quantitative estimate of drug-likeness (QED) is 0.921. The van der Waals surface area contributed by atoms with Crippen molar-refractivity contribution in [1.82, 2.24) is 4.90 Å². The van der Waals surface area contributed by atoms with E-state index in [1.807, 2.05) is 0 Å². The summed E-state index contributed by atoms with van der Waals surface area (Å²) in [5.41, 5.74) is -0.788. The van der Waals surface area contributed by atoms with E-state index in [1.165, 1.54) is 12.1 Å². The average Bonchev–Trinajstić information content (AvgIpc) is 2.47. The summed E-state index contributed by atoms with van der Waals surface area (Å²) in [7, 11) is 0. The molecule has 1 N–H and O–H groups in total. The van der Waals surface area contributed by atoms with Gasteiger partial charge < -0.3 is 10.2 Å². The Balaban J connectivity index is 2.40. The zero-order valence-corrected chi connectivity index (χ0v) is 12.0. The number of carbonyl (C=O) groups is 1. The van der Waals surface area contributed by atoms with Crippen molar-refractivity contribution >= 4 is 11.6 Å². The fourth-order valence-electron chi connectivity index (χ4n) is 2.60. The van der Waals surface area contributed by atoms with Crippen LogP contribution in [0.3, 0.4) is 0 Å². The summed E-state index contributed by atoms with van der Waals surface area (Å²) >= 11 is 0. The maximum atomic E-state index is 13.1. The standard InChI is InChI=1S/C15H19F3N2O/c1-2-19-13-11(7-6-8-12(13)15(16,17)18)14(21)20-9-4-3-5-10-20/h6-8,19H,2-5,9-10H2,1H3. The predicted octanol–water partition coefficient (Wildman–Crippen LogP) is 3.76. The number of halogens is 3. The van der Waals surface area contributed by atoms with Crippen molar-refractivity contribution < 1.29 is 18.0 Å². The molecule has 0 aromatic heterocycles. The van der Waals surface area contributed by atoms with Gasteiger partial charge in [0.05, 0.1) is 16.8 Å². The van der Waals surface area contributed by atoms with E-state index in [1.54, 1.807) is 11.8 Å². The van der Waals surface area contributed by atoms with Crippen molar-refractivity contribution in [2.45, 2.75) is 32.4 Å². The topological polar surface area (TPSA) is 32.3 Å². The Morgan fingerprint density at radius 1 is 1.24 bits per heavy atom. The molecule has 0 radical (unpaired) electrons. The van der Waals surface area contributed by atoms with Gasteiger partial charge in [-0.2, -0.15) is 13.2 Å². The number of alkyl halides is 3. The Bertz CT molecular complexity index is 508. The number of hydrogen-bond acceptors (Lipinski definition) is 2. The van der Waals surface area contributed by atoms with Gasteiger partial charge in [0.25, 0.3) is 5.91 Å². The number of nitrogens with zero attached hydrogens (tertiary/aromatic N) is 1. The normalized spacial score (nSPS) is 15.9. The molecule has 0 aliphatic carbocycles. The Morgan fingerprint density at radius 3 is 2.48 bits per heavy atom. The number of likely N-dealkylation sites (tertiary alicyclic amines) is 1. The number of nitrogens with one attached hydrogen (secondary N) is 1. The van der Waals surface area contributed by atoms with Crippen LogP contribution in [0, 0.1) is 0 Å². The molecule has 6 heteroatoms. The third-order valence-electron chi connectivity index (χ3n) is 3.60. The van der Waals surface area contributed by atoms with Crippen LogP contribution in [0.15, 0.2) is 18.2 Å². The lowest BCUT2D eigenvalue weighted by molar-refractivity contribution is -0.137. The lowest BCUT2D eigenvalue weighted by atomic mass is 10.0. The molecule has 116 valence electrons. The van der Waals surface area contributed by atoms with E-state index >= 15 is 0 Å². The van der Waals surface area contributed by atoms with E-state index in [4.69, 9.17) is 0 Å². The summed E-state index contributed by atoms with van der Waals surface area (Å²) in [6.07, 6.45) is -1.61. The molecule has 2 rings (SSSR count). The number of para-hydroxylation sites is 1. The lowest BCUT2D eigenvalue weighted by Crippen LogP contribution is -2.36. The zero-order chi connectivity index (χ0) is 15.5. The number of amides is 1. The Labute approximate surface area is 122 Å². The molecule has 1 heterocycles. The first-order chi connectivity index (χ1) is 9.95. The van der Waals surface area contributed by atoms with Crippen LogP contribution in [0.5, 0.6) is 0 Å². The van der Waals surface area contributed by atoms with Crippen LogP contribution in [0.25, 0.3) is 0 Å². The summed E-state index contributed by atoms with van der Waals surface area (Å²) in [4.78, 5) is 14.1. The number of rotatable bonds is 3. The van der Waals surface area contributed by atoms with Gasteiger partial charge >= 0.3 is 6.18 Å². The molecule has 0 bridgehead atoms. The van der Waals surface area contributed by atoms with E-state index < -0.39 is 11.7 Å². The second kappa shape index (κ2) is 6.37. The molecule has 3 nitrogen and oxygen atoms in total. The van der Waals surface area contributed by atoms with E-state index in [0.29, 0.717) is 19.6 Å². The summed E-state index contributed by atoms with van der Waals surface area (Å²) in [5, 5.41) is 2.70. The van der Waals surface area contributed by atoms with E-state index in [9.17, 15) is 18.0 Å². The van der Waals surface area contributed by atoms with Crippen LogP contribution in [-0.4, -0.2) is 30.4 Å². The second-order valence-electron chi connectivity index (χ2n) is 5.11. The minimum Gasteiger partial charge on any atom is -0.384 e. The van der Waals surface area contributed by atoms with Crippen LogP contribution in [0.4, 0.5) is 18.9 Å². The summed E-state index contributed by atoms with van der Waals surface area (Å²) < 4.78 is 39.3. The fraction of sp³-hybridized carbons (Fsp3) is 0.533. The smallest absolute Gasteiger partial charge is 0.384 e. The number of anilines is 1. The van der Waals surface area contributed by atoms with Crippen molar-refractivity contribution in [1.29, 1.82) is 0 Å². The van der Waals surface area contributed by atoms with Crippen LogP contribution < -0.4 is 5.32 Å². The number of carbonyl (C=O) groups excluding carboxylic acids is 1. The lowest BCUT2D eigenvalue weighted by Gasteiger charge is -2.28. The molecule has 0 saturated carbocycles. The van der Waals surface area contributed by atoms with Gasteiger partial charge in [0.2, 0.25) is 0 Å². The molecular weight excluding hydrogens is 281 g/mol. The third-order valence-corrected chi connectivity index (χ3v) is 3.60. The SMILES string of the molecule is CCNc1c(C(=O)N2CCCCC2)cccc1C(F)(F)F. The monoisotopic (exact) mass is 300 g/mol. The first-order valence-corrected chi connectivity index (χ1v) is 7.18. The maximum Gasteiger partial charge on any atom is 0.418 e. The average molecular weight is 300 g/mol. The van der Waals surface area contributed by atoms with Crippen LogP contribution in [0.1, 0.15) is 42.1 Å². The minimum absolute atomic E-state index is 0.105. The van der Waals surface area contributed by atoms with Gasteiger partial charge in [0, 0.05) is 19.6 Å². The molecule has 1 aliphatic rings. The highest BCUT2D eigenvalue weighted by Gasteiger charge is 2.35. The Kier molecular flexibility index (Phi) is 4.75. The summed E-state index contributed by atoms with van der Waals surface area (Å²) in [6, 6.07) is 3.76. The maximum absolute atomic E-state index is 13.1. The first-order valence-electron chi connectivity index (χ1n) is 7.18. The van der Waals surface area contributed by atoms with Gasteiger partial charge in [-0.3, -0.25) is 4.79 Å². The van der Waals surface area contributed by atoms with Gasteiger partial charge in [-0.1, -0.05) is 6.07 Å². The van der Waals surface area contributed by atoms with Crippen LogP contribution in [0.2, 0.25) is 0 Å². The van der Waals surface area contributed by atoms with Crippen molar-refractivity contribution in [3.8, 4) is 0 Å². The van der Waals surface area contributed by atoms with E-state index in [-0.39, 0.29) is 17.2 Å². The second-order valence-corrected chi connectivity index (χ2v) is 5.11. The number of benzene rings is 1. The molecule has 0 atom stereocenters. The zero-order valence-electron chi connectivity index (χ0n) is 12.0. The highest BCUT2D eigenvalue weighted by Crippen LogP contribution is 2.37.